The number of hydrogen-bond acceptors (Lipinski definition) is 3. The average Bonchev–Trinajstić information content (AvgIpc) is 3.25. The van der Waals surface area contributed by atoms with Crippen LogP contribution in [-0.4, -0.2) is 35.0 Å². The Bertz CT molecular complexity index is 1360. The molecule has 0 bridgehead atoms. The number of aryl methyl sites for hydroxylation is 1. The third kappa shape index (κ3) is 8.88. The number of imide groups is 1. The van der Waals surface area contributed by atoms with Gasteiger partial charge in [0.25, 0.3) is 11.8 Å². The number of allylic oxidation sites excluding steroid dienone is 2. The number of fused-ring (bicyclic) bond motifs is 1. The molecule has 1 N–H and O–H groups in total. The van der Waals surface area contributed by atoms with Crippen molar-refractivity contribution in [3.8, 4) is 0 Å². The predicted octanol–water partition coefficient (Wildman–Crippen LogP) is 10.2. The third-order valence-electron chi connectivity index (χ3n) is 11.2. The lowest BCUT2D eigenvalue weighted by molar-refractivity contribution is -0.137. The minimum atomic E-state index is -0.151. The molecule has 1 saturated carbocycles. The predicted molar refractivity (Wildman–Crippen MR) is 195 cm³/mol. The molecule has 2 atom stereocenters. The summed E-state index contributed by atoms with van der Waals surface area (Å²) in [5, 5.41) is 12.4. The van der Waals surface area contributed by atoms with Gasteiger partial charge in [-0.1, -0.05) is 88.3 Å². The number of carbonyl (C=O) groups excluding carboxylic acids is 2. The van der Waals surface area contributed by atoms with Crippen molar-refractivity contribution in [2.24, 2.45) is 23.7 Å². The first kappa shape index (κ1) is 34.3. The second-order valence-corrected chi connectivity index (χ2v) is 15.3. The Morgan fingerprint density at radius 3 is 2.36 bits per heavy atom. The van der Waals surface area contributed by atoms with E-state index < -0.39 is 0 Å². The highest BCUT2D eigenvalue weighted by atomic mass is 127. The van der Waals surface area contributed by atoms with Gasteiger partial charge >= 0.3 is 0 Å². The van der Waals surface area contributed by atoms with Gasteiger partial charge in [-0.25, -0.2) is 0 Å². The first-order chi connectivity index (χ1) is 21.9. The van der Waals surface area contributed by atoms with E-state index in [1.807, 2.05) is 22.6 Å². The van der Waals surface area contributed by atoms with E-state index in [4.69, 9.17) is 0 Å². The summed E-state index contributed by atoms with van der Waals surface area (Å²) >= 11 is 1.99. The number of benzene rings is 2. The summed E-state index contributed by atoms with van der Waals surface area (Å²) in [5.74, 6) is 2.61. The number of aliphatic hydroxyl groups is 1. The summed E-state index contributed by atoms with van der Waals surface area (Å²) < 4.78 is 0.549. The van der Waals surface area contributed by atoms with E-state index >= 15 is 0 Å². The molecule has 2 unspecified atom stereocenters. The fourth-order valence-corrected chi connectivity index (χ4v) is 8.74. The lowest BCUT2D eigenvalue weighted by Gasteiger charge is -2.35. The molecule has 5 rings (SSSR count). The van der Waals surface area contributed by atoms with Gasteiger partial charge in [0.1, 0.15) is 0 Å². The summed E-state index contributed by atoms with van der Waals surface area (Å²) in [6.07, 6.45) is 21.9. The zero-order chi connectivity index (χ0) is 31.8. The smallest absolute Gasteiger partial charge is 0.267 e. The van der Waals surface area contributed by atoms with Crippen LogP contribution in [0.15, 0.2) is 51.6 Å². The molecule has 2 amide bonds. The van der Waals surface area contributed by atoms with Gasteiger partial charge in [0, 0.05) is 18.7 Å². The molecule has 2 aliphatic carbocycles. The molecule has 3 aliphatic rings. The zero-order valence-electron chi connectivity index (χ0n) is 27.7. The van der Waals surface area contributed by atoms with Crippen LogP contribution in [0.5, 0.6) is 0 Å². The second-order valence-electron chi connectivity index (χ2n) is 14.2. The van der Waals surface area contributed by atoms with Gasteiger partial charge in [-0.2, -0.15) is 0 Å². The first-order valence-corrected chi connectivity index (χ1v) is 19.0. The highest BCUT2D eigenvalue weighted by Crippen LogP contribution is 2.42. The van der Waals surface area contributed by atoms with Crippen LogP contribution < -0.4 is 0 Å². The summed E-state index contributed by atoms with van der Waals surface area (Å²) in [5.41, 5.74) is 5.00. The van der Waals surface area contributed by atoms with Crippen molar-refractivity contribution in [2.45, 2.75) is 117 Å². The van der Waals surface area contributed by atoms with Crippen molar-refractivity contribution in [2.75, 3.05) is 13.2 Å². The highest BCUT2D eigenvalue weighted by molar-refractivity contribution is 14.1. The average molecular weight is 724 g/mol. The molecule has 45 heavy (non-hydrogen) atoms. The van der Waals surface area contributed by atoms with Crippen molar-refractivity contribution in [1.29, 1.82) is 0 Å². The van der Waals surface area contributed by atoms with Gasteiger partial charge in [0.05, 0.1) is 3.58 Å². The molecule has 0 spiro atoms. The van der Waals surface area contributed by atoms with E-state index in [9.17, 15) is 14.7 Å². The van der Waals surface area contributed by atoms with E-state index in [0.29, 0.717) is 21.6 Å². The molecule has 244 valence electrons. The normalized spacial score (nSPS) is 23.2. The van der Waals surface area contributed by atoms with Crippen LogP contribution in [0, 0.1) is 23.7 Å². The largest absolute Gasteiger partial charge is 0.396 e. The van der Waals surface area contributed by atoms with Crippen molar-refractivity contribution in [3.63, 3.8) is 0 Å². The molecule has 2 aromatic carbocycles. The molecular weight excluding hydrogens is 669 g/mol. The van der Waals surface area contributed by atoms with Crippen LogP contribution >= 0.6 is 22.6 Å². The number of aliphatic hydroxyl groups excluding tert-OH is 1. The Kier molecular flexibility index (Phi) is 12.8. The maximum Gasteiger partial charge on any atom is 0.267 e. The van der Waals surface area contributed by atoms with E-state index in [1.54, 1.807) is 12.5 Å². The number of unbranched alkanes of at least 4 members (excludes halogenated alkanes) is 2. The van der Waals surface area contributed by atoms with Gasteiger partial charge in [0.2, 0.25) is 0 Å². The topological polar surface area (TPSA) is 57.6 Å². The van der Waals surface area contributed by atoms with Gasteiger partial charge < -0.3 is 5.11 Å². The molecule has 0 aromatic heterocycles. The van der Waals surface area contributed by atoms with Crippen LogP contribution in [0.25, 0.3) is 16.3 Å². The number of nitrogens with zero attached hydrogens (tertiary/aromatic N) is 1. The van der Waals surface area contributed by atoms with Crippen molar-refractivity contribution in [1.82, 2.24) is 4.90 Å². The summed E-state index contributed by atoms with van der Waals surface area (Å²) in [6.45, 7) is 4.64. The number of carbonyl (C=O) groups is 2. The van der Waals surface area contributed by atoms with Gasteiger partial charge in [0.15, 0.2) is 0 Å². The number of hydrogen-bond donors (Lipinski definition) is 1. The molecule has 4 nitrogen and oxygen atoms in total. The molecule has 1 fully saturated rings. The van der Waals surface area contributed by atoms with Gasteiger partial charge in [-0.05, 0) is 145 Å². The van der Waals surface area contributed by atoms with E-state index in [0.717, 1.165) is 37.0 Å². The molecular formula is C40H54INO3. The minimum Gasteiger partial charge on any atom is -0.396 e. The summed E-state index contributed by atoms with van der Waals surface area (Å²) in [7, 11) is 0. The Labute approximate surface area is 285 Å². The van der Waals surface area contributed by atoms with Gasteiger partial charge in [-0.3, -0.25) is 14.5 Å². The molecule has 1 aliphatic heterocycles. The molecule has 5 heteroatoms. The van der Waals surface area contributed by atoms with Crippen LogP contribution in [-0.2, 0) is 16.0 Å². The van der Waals surface area contributed by atoms with Crippen molar-refractivity contribution >= 4 is 50.8 Å². The van der Waals surface area contributed by atoms with E-state index in [1.165, 1.54) is 110 Å². The zero-order valence-corrected chi connectivity index (χ0v) is 29.8. The molecule has 1 heterocycles. The van der Waals surface area contributed by atoms with E-state index in [2.05, 4.69) is 49.4 Å². The Balaban J connectivity index is 1.03. The number of rotatable bonds is 15. The fourth-order valence-electron chi connectivity index (χ4n) is 8.22. The Morgan fingerprint density at radius 2 is 1.67 bits per heavy atom. The SMILES string of the molecule is CCCCCc1ccc2cc(C3=CCC(C4CCC(CCCC(CCO)CCN5C(=O)C(C)=C(I)C5=O)CC4)CC3)ccc2c1. The maximum absolute atomic E-state index is 12.4. The first-order valence-electron chi connectivity index (χ1n) is 17.9. The molecule has 0 radical (unpaired) electrons. The Morgan fingerprint density at radius 1 is 0.889 bits per heavy atom. The fraction of sp³-hybridized carbons (Fsp3) is 0.600. The van der Waals surface area contributed by atoms with Crippen molar-refractivity contribution < 1.29 is 14.7 Å². The monoisotopic (exact) mass is 723 g/mol. The molecule has 0 saturated heterocycles. The minimum absolute atomic E-state index is 0.145. The van der Waals surface area contributed by atoms with E-state index in [-0.39, 0.29) is 18.4 Å². The third-order valence-corrected chi connectivity index (χ3v) is 12.5. The summed E-state index contributed by atoms with van der Waals surface area (Å²) in [4.78, 5) is 26.2. The number of halogens is 1. The standard InChI is InChI=1S/C40H54INO3/c1-3-4-5-7-31-12-15-37-27-36(21-20-35(37)26-31)34-18-16-33(17-19-34)32-13-10-29(11-14-32)8-6-9-30(23-25-43)22-24-42-39(44)28(2)38(41)40(42)45/h12,15,18,20-21,26-27,29-30,32-33,43H,3-11,13-14,16-17,19,22-25H2,1-2H3. The van der Waals surface area contributed by atoms with Crippen molar-refractivity contribution in [3.05, 3.63) is 62.8 Å². The Hall–Kier alpha value is -1.99. The van der Waals surface area contributed by atoms with Crippen LogP contribution in [0.2, 0.25) is 0 Å². The maximum atomic E-state index is 12.4. The number of amides is 2. The van der Waals surface area contributed by atoms with Crippen LogP contribution in [0.1, 0.15) is 121 Å². The molecule has 2 aromatic rings. The lowest BCUT2D eigenvalue weighted by atomic mass is 9.70. The quantitative estimate of drug-likeness (QED) is 0.113. The van der Waals surface area contributed by atoms with Crippen LogP contribution in [0.4, 0.5) is 0 Å². The highest BCUT2D eigenvalue weighted by Gasteiger charge is 2.34. The van der Waals surface area contributed by atoms with Gasteiger partial charge in [-0.15, -0.1) is 0 Å². The summed E-state index contributed by atoms with van der Waals surface area (Å²) in [6, 6.07) is 14.2. The van der Waals surface area contributed by atoms with Crippen LogP contribution in [0.3, 0.4) is 0 Å². The second kappa shape index (κ2) is 16.7. The lowest BCUT2D eigenvalue weighted by Crippen LogP contribution is -2.33.